The average molecular weight is 330 g/mol. The molecule has 5 heteroatoms. The molecular weight excluding hydrogens is 308 g/mol. The number of piperidine rings is 1. The van der Waals surface area contributed by atoms with Gasteiger partial charge in [-0.05, 0) is 37.8 Å². The van der Waals surface area contributed by atoms with E-state index < -0.39 is 0 Å². The molecule has 0 aliphatic carbocycles. The van der Waals surface area contributed by atoms with Gasteiger partial charge in [0.1, 0.15) is 10.8 Å². The molecule has 0 unspecified atom stereocenters. The predicted octanol–water partition coefficient (Wildman–Crippen LogP) is 3.76. The van der Waals surface area contributed by atoms with Crippen molar-refractivity contribution < 1.29 is 9.53 Å². The van der Waals surface area contributed by atoms with Crippen molar-refractivity contribution in [2.24, 2.45) is 0 Å². The third-order valence-corrected chi connectivity index (χ3v) is 5.11. The Morgan fingerprint density at radius 1 is 1.30 bits per heavy atom. The third kappa shape index (κ3) is 4.10. The van der Waals surface area contributed by atoms with Crippen LogP contribution in [-0.4, -0.2) is 36.0 Å². The van der Waals surface area contributed by atoms with Gasteiger partial charge >= 0.3 is 0 Å². The zero-order valence-electron chi connectivity index (χ0n) is 13.5. The van der Waals surface area contributed by atoms with Gasteiger partial charge in [0, 0.05) is 30.5 Å². The highest BCUT2D eigenvalue weighted by atomic mass is 32.1. The second-order valence-electron chi connectivity index (χ2n) is 5.82. The van der Waals surface area contributed by atoms with Crippen molar-refractivity contribution in [3.05, 3.63) is 35.3 Å². The maximum Gasteiger partial charge on any atom is 0.222 e. The summed E-state index contributed by atoms with van der Waals surface area (Å²) < 4.78 is 5.26. The number of carbonyl (C=O) groups is 1. The minimum Gasteiger partial charge on any atom is -0.497 e. The van der Waals surface area contributed by atoms with Crippen LogP contribution in [0.1, 0.15) is 31.4 Å². The highest BCUT2D eigenvalue weighted by Crippen LogP contribution is 2.27. The molecule has 1 aromatic carbocycles. The Morgan fingerprint density at radius 3 is 2.91 bits per heavy atom. The zero-order chi connectivity index (χ0) is 16.1. The summed E-state index contributed by atoms with van der Waals surface area (Å²) in [5.41, 5.74) is 2.06. The van der Waals surface area contributed by atoms with E-state index in [4.69, 9.17) is 4.74 Å². The largest absolute Gasteiger partial charge is 0.497 e. The van der Waals surface area contributed by atoms with E-state index in [2.05, 4.69) is 10.4 Å². The van der Waals surface area contributed by atoms with Crippen molar-refractivity contribution in [1.82, 2.24) is 9.88 Å². The van der Waals surface area contributed by atoms with E-state index in [0.29, 0.717) is 6.42 Å². The molecule has 1 aromatic heterocycles. The lowest BCUT2D eigenvalue weighted by Crippen LogP contribution is -2.35. The Labute approximate surface area is 141 Å². The van der Waals surface area contributed by atoms with E-state index >= 15 is 0 Å². The summed E-state index contributed by atoms with van der Waals surface area (Å²) in [7, 11) is 1.67. The van der Waals surface area contributed by atoms with E-state index in [1.807, 2.05) is 29.2 Å². The summed E-state index contributed by atoms with van der Waals surface area (Å²) in [5.74, 6) is 1.10. The minimum absolute atomic E-state index is 0.264. The number of amides is 1. The lowest BCUT2D eigenvalue weighted by atomic mass is 10.1. The van der Waals surface area contributed by atoms with Crippen LogP contribution in [-0.2, 0) is 11.2 Å². The number of carbonyl (C=O) groups excluding carboxylic acids is 1. The molecule has 23 heavy (non-hydrogen) atoms. The van der Waals surface area contributed by atoms with Crippen LogP contribution in [0, 0.1) is 0 Å². The standard InChI is InChI=1S/C18H22N2O2S/c1-22-16-7-5-6-14(12-16)18-19-15(13-23-18)8-9-17(21)20-10-3-2-4-11-20/h5-7,12-13H,2-4,8-11H2,1H3. The van der Waals surface area contributed by atoms with Gasteiger partial charge in [-0.25, -0.2) is 4.98 Å². The van der Waals surface area contributed by atoms with Crippen LogP contribution in [0.25, 0.3) is 10.6 Å². The van der Waals surface area contributed by atoms with Gasteiger partial charge in [-0.2, -0.15) is 0 Å². The zero-order valence-corrected chi connectivity index (χ0v) is 14.3. The van der Waals surface area contributed by atoms with Crippen LogP contribution in [0.15, 0.2) is 29.6 Å². The number of hydrogen-bond donors (Lipinski definition) is 0. The minimum atomic E-state index is 0.264. The molecular formula is C18H22N2O2S. The fourth-order valence-electron chi connectivity index (χ4n) is 2.85. The number of thiazole rings is 1. The Balaban J connectivity index is 1.59. The van der Waals surface area contributed by atoms with Gasteiger partial charge in [-0.15, -0.1) is 11.3 Å². The number of aryl methyl sites for hydroxylation is 1. The van der Waals surface area contributed by atoms with Crippen molar-refractivity contribution in [3.63, 3.8) is 0 Å². The van der Waals surface area contributed by atoms with Crippen LogP contribution < -0.4 is 4.74 Å². The number of aromatic nitrogens is 1. The van der Waals surface area contributed by atoms with Gasteiger partial charge in [-0.1, -0.05) is 12.1 Å². The van der Waals surface area contributed by atoms with Crippen LogP contribution in [0.2, 0.25) is 0 Å². The van der Waals surface area contributed by atoms with Crippen LogP contribution in [0.3, 0.4) is 0 Å². The van der Waals surface area contributed by atoms with Gasteiger partial charge < -0.3 is 9.64 Å². The quantitative estimate of drug-likeness (QED) is 0.838. The molecule has 1 saturated heterocycles. The van der Waals surface area contributed by atoms with Gasteiger partial charge in [0.15, 0.2) is 0 Å². The fraction of sp³-hybridized carbons (Fsp3) is 0.444. The molecule has 0 bridgehead atoms. The maximum absolute atomic E-state index is 12.2. The smallest absolute Gasteiger partial charge is 0.222 e. The molecule has 1 fully saturated rings. The summed E-state index contributed by atoms with van der Waals surface area (Å²) in [5, 5.41) is 3.03. The van der Waals surface area contributed by atoms with E-state index in [1.165, 1.54) is 6.42 Å². The Kier molecular flexibility index (Phi) is 5.28. The Morgan fingerprint density at radius 2 is 2.13 bits per heavy atom. The summed E-state index contributed by atoms with van der Waals surface area (Å²) in [6.07, 6.45) is 4.81. The van der Waals surface area contributed by atoms with E-state index in [9.17, 15) is 4.79 Å². The molecule has 1 amide bonds. The number of nitrogens with zero attached hydrogens (tertiary/aromatic N) is 2. The molecule has 122 valence electrons. The summed E-state index contributed by atoms with van der Waals surface area (Å²) in [6, 6.07) is 7.91. The van der Waals surface area contributed by atoms with Gasteiger partial charge in [0.05, 0.1) is 12.8 Å². The molecule has 1 aliphatic rings. The molecule has 2 aromatic rings. The van der Waals surface area contributed by atoms with Crippen molar-refractivity contribution >= 4 is 17.2 Å². The Bertz CT molecular complexity index is 663. The molecule has 0 N–H and O–H groups in total. The van der Waals surface area contributed by atoms with E-state index in [1.54, 1.807) is 18.4 Å². The summed E-state index contributed by atoms with van der Waals surface area (Å²) >= 11 is 1.62. The second kappa shape index (κ2) is 7.59. The van der Waals surface area contributed by atoms with E-state index in [-0.39, 0.29) is 5.91 Å². The van der Waals surface area contributed by atoms with Gasteiger partial charge in [0.2, 0.25) is 5.91 Å². The fourth-order valence-corrected chi connectivity index (χ4v) is 3.70. The van der Waals surface area contributed by atoms with Crippen molar-refractivity contribution in [3.8, 4) is 16.3 Å². The molecule has 0 saturated carbocycles. The molecule has 4 nitrogen and oxygen atoms in total. The molecule has 0 radical (unpaired) electrons. The lowest BCUT2D eigenvalue weighted by molar-refractivity contribution is -0.132. The topological polar surface area (TPSA) is 42.4 Å². The Hall–Kier alpha value is -1.88. The number of ether oxygens (including phenoxy) is 1. The average Bonchev–Trinajstić information content (AvgIpc) is 3.09. The summed E-state index contributed by atoms with van der Waals surface area (Å²) in [4.78, 5) is 18.9. The first-order valence-corrected chi connectivity index (χ1v) is 9.01. The first-order valence-electron chi connectivity index (χ1n) is 8.13. The lowest BCUT2D eigenvalue weighted by Gasteiger charge is -2.26. The highest BCUT2D eigenvalue weighted by molar-refractivity contribution is 7.13. The number of benzene rings is 1. The predicted molar refractivity (Wildman–Crippen MR) is 92.9 cm³/mol. The number of rotatable bonds is 5. The maximum atomic E-state index is 12.2. The third-order valence-electron chi connectivity index (χ3n) is 4.17. The molecule has 0 spiro atoms. The molecule has 3 rings (SSSR count). The number of likely N-dealkylation sites (tertiary alicyclic amines) is 1. The summed E-state index contributed by atoms with van der Waals surface area (Å²) in [6.45, 7) is 1.84. The first kappa shape index (κ1) is 16.0. The number of hydrogen-bond acceptors (Lipinski definition) is 4. The number of methoxy groups -OCH3 is 1. The van der Waals surface area contributed by atoms with Gasteiger partial charge in [0.25, 0.3) is 0 Å². The van der Waals surface area contributed by atoms with Crippen LogP contribution in [0.5, 0.6) is 5.75 Å². The van der Waals surface area contributed by atoms with Crippen LogP contribution >= 0.6 is 11.3 Å². The van der Waals surface area contributed by atoms with Gasteiger partial charge in [-0.3, -0.25) is 4.79 Å². The SMILES string of the molecule is COc1cccc(-c2nc(CCC(=O)N3CCCCC3)cs2)c1. The molecule has 1 aliphatic heterocycles. The van der Waals surface area contributed by atoms with Crippen LogP contribution in [0.4, 0.5) is 0 Å². The molecule has 2 heterocycles. The monoisotopic (exact) mass is 330 g/mol. The van der Waals surface area contributed by atoms with Crippen molar-refractivity contribution in [2.45, 2.75) is 32.1 Å². The highest BCUT2D eigenvalue weighted by Gasteiger charge is 2.16. The van der Waals surface area contributed by atoms with Crippen molar-refractivity contribution in [2.75, 3.05) is 20.2 Å². The molecule has 0 atom stereocenters. The first-order chi connectivity index (χ1) is 11.3. The normalized spacial score (nSPS) is 14.7. The van der Waals surface area contributed by atoms with Crippen molar-refractivity contribution in [1.29, 1.82) is 0 Å². The van der Waals surface area contributed by atoms with E-state index in [0.717, 1.165) is 54.4 Å². The second-order valence-corrected chi connectivity index (χ2v) is 6.68.